The van der Waals surface area contributed by atoms with Crippen LogP contribution in [0.1, 0.15) is 6.92 Å². The van der Waals surface area contributed by atoms with Gasteiger partial charge in [-0.1, -0.05) is 0 Å². The summed E-state index contributed by atoms with van der Waals surface area (Å²) in [6, 6.07) is 0. The van der Waals surface area contributed by atoms with Crippen molar-refractivity contribution in [3.63, 3.8) is 0 Å². The molecular weight excluding hydrogens is 167 g/mol. The van der Waals surface area contributed by atoms with Gasteiger partial charge in [0.2, 0.25) is 0 Å². The van der Waals surface area contributed by atoms with Crippen molar-refractivity contribution in [1.82, 2.24) is 5.32 Å². The second-order valence-electron chi connectivity index (χ2n) is 0.947. The maximum atomic E-state index is 6.33. The Morgan fingerprint density at radius 3 is 2.14 bits per heavy atom. The molecule has 7 heavy (non-hydrogen) atoms. The fourth-order valence-corrected chi connectivity index (χ4v) is 0.0559. The molecule has 3 nitrogen and oxygen atoms in total. The summed E-state index contributed by atoms with van der Waals surface area (Å²) < 4.78 is 0. The van der Waals surface area contributed by atoms with Crippen molar-refractivity contribution in [2.24, 2.45) is 5.10 Å². The predicted octanol–water partition coefficient (Wildman–Crippen LogP) is 0.589. The van der Waals surface area contributed by atoms with Crippen LogP contribution in [0.2, 0.25) is 0 Å². The molecule has 0 spiro atoms. The zero-order valence-corrected chi connectivity index (χ0v) is 7.36. The summed E-state index contributed by atoms with van der Waals surface area (Å²) in [4.78, 5) is 0. The van der Waals surface area contributed by atoms with E-state index in [4.69, 9.17) is 5.84 Å². The topological polar surface area (TPSA) is 48.2 Å². The fraction of sp³-hybridized carbons (Fsp3) is 0.667. The first-order valence-electron chi connectivity index (χ1n) is 1.70. The average Bonchev–Trinajstić information content (AvgIpc) is 1.65. The van der Waals surface area contributed by atoms with E-state index in [-0.39, 0.29) is 32.7 Å². The smallest absolute Gasteiger partial charge is 0.0776 e. The monoisotopic (exact) mass is 175 g/mol. The van der Waals surface area contributed by atoms with Crippen LogP contribution in [0, 0.1) is 0 Å². The van der Waals surface area contributed by atoms with Gasteiger partial charge in [-0.3, -0.25) is 0 Å². The van der Waals surface area contributed by atoms with Gasteiger partial charge in [0.25, 0.3) is 0 Å². The molecule has 0 heterocycles. The van der Waals surface area contributed by atoms with Gasteiger partial charge in [0.15, 0.2) is 0 Å². The number of hydrogen-bond donors (Lipinski definition) is 1. The Hall–Kier alpha value is 0.374. The van der Waals surface area contributed by atoms with Gasteiger partial charge < -0.3 is 16.3 Å². The molecule has 0 aromatic carbocycles. The van der Waals surface area contributed by atoms with Crippen LogP contribution in [0.3, 0.4) is 0 Å². The third kappa shape index (κ3) is 6.37. The van der Waals surface area contributed by atoms with Gasteiger partial charge in [0.05, 0.1) is 5.84 Å². The van der Waals surface area contributed by atoms with Crippen molar-refractivity contribution in [2.75, 3.05) is 7.05 Å². The summed E-state index contributed by atoms with van der Waals surface area (Å²) in [6.07, 6.45) is 0. The van der Waals surface area contributed by atoms with Crippen molar-refractivity contribution in [2.45, 2.75) is 6.92 Å². The minimum Gasteiger partial charge on any atom is -0.615 e. The van der Waals surface area contributed by atoms with E-state index in [9.17, 15) is 0 Å². The molecule has 0 saturated carbocycles. The largest absolute Gasteiger partial charge is 0.615 e. The van der Waals surface area contributed by atoms with Crippen molar-refractivity contribution in [1.29, 1.82) is 0 Å². The van der Waals surface area contributed by atoms with Crippen LogP contribution in [0.15, 0.2) is 5.10 Å². The second kappa shape index (κ2) is 6.37. The number of nitrogens with zero attached hydrogens (tertiary/aromatic N) is 1. The third-order valence-electron chi connectivity index (χ3n) is 0.530. The average molecular weight is 175 g/mol. The molecule has 0 rings (SSSR count). The van der Waals surface area contributed by atoms with Crippen LogP contribution in [0.5, 0.6) is 0 Å². The van der Waals surface area contributed by atoms with E-state index in [1.165, 1.54) is 0 Å². The summed E-state index contributed by atoms with van der Waals surface area (Å²) in [5, 5.41) is 5.74. The molecule has 0 aromatic heterocycles. The van der Waals surface area contributed by atoms with E-state index in [2.05, 4.69) is 10.4 Å². The first-order valence-corrected chi connectivity index (χ1v) is 1.70. The minimum atomic E-state index is 0. The Labute approximate surface area is 68.6 Å². The summed E-state index contributed by atoms with van der Waals surface area (Å²) in [5.41, 5.74) is 0. The van der Waals surface area contributed by atoms with Crippen molar-refractivity contribution < 1.29 is 32.7 Å². The summed E-state index contributed by atoms with van der Waals surface area (Å²) in [7, 11) is 1.73. The van der Waals surface area contributed by atoms with E-state index < -0.39 is 0 Å². The van der Waals surface area contributed by atoms with Crippen molar-refractivity contribution in [3.8, 4) is 0 Å². The zero-order chi connectivity index (χ0) is 4.99. The number of nitrogens with one attached hydrogen (secondary N) is 2. The van der Waals surface area contributed by atoms with E-state index in [1.807, 2.05) is 0 Å². The number of hydrogen-bond acceptors (Lipinski definition) is 1. The molecule has 0 bridgehead atoms. The van der Waals surface area contributed by atoms with Gasteiger partial charge >= 0.3 is 0 Å². The van der Waals surface area contributed by atoms with Crippen LogP contribution in [0.25, 0.3) is 5.84 Å². The van der Waals surface area contributed by atoms with Crippen molar-refractivity contribution >= 4 is 5.84 Å². The Morgan fingerprint density at radius 1 is 1.71 bits per heavy atom. The molecule has 0 unspecified atom stereocenters. The van der Waals surface area contributed by atoms with E-state index in [0.717, 1.165) is 0 Å². The minimum absolute atomic E-state index is 0. The molecule has 2 N–H and O–H groups in total. The van der Waals surface area contributed by atoms with Gasteiger partial charge in [0.1, 0.15) is 0 Å². The van der Waals surface area contributed by atoms with E-state index >= 15 is 0 Å². The molecule has 0 amide bonds. The van der Waals surface area contributed by atoms with Crippen molar-refractivity contribution in [3.05, 3.63) is 5.84 Å². The summed E-state index contributed by atoms with van der Waals surface area (Å²) in [5.74, 6) is 6.97. The van der Waals surface area contributed by atoms with Gasteiger partial charge in [-0.25, -0.2) is 0 Å². The Kier molecular flexibility index (Phi) is 9.45. The SMILES string of the molecule is CN/C(C)=N\[NH-].[Y]. The molecule has 0 saturated heterocycles. The molecule has 4 heteroatoms. The van der Waals surface area contributed by atoms with Gasteiger partial charge in [-0.2, -0.15) is 0 Å². The maximum absolute atomic E-state index is 6.33. The fourth-order valence-electron chi connectivity index (χ4n) is 0.0559. The molecule has 0 aliphatic rings. The molecule has 39 valence electrons. The third-order valence-corrected chi connectivity index (χ3v) is 0.530. The number of amidine groups is 1. The Morgan fingerprint density at radius 2 is 2.14 bits per heavy atom. The van der Waals surface area contributed by atoms with Crippen LogP contribution in [-0.2, 0) is 32.7 Å². The van der Waals surface area contributed by atoms with Crippen LogP contribution >= 0.6 is 0 Å². The van der Waals surface area contributed by atoms with Gasteiger partial charge in [0, 0.05) is 39.8 Å². The predicted molar refractivity (Wildman–Crippen MR) is 26.5 cm³/mol. The van der Waals surface area contributed by atoms with Gasteiger partial charge in [-0.05, 0) is 6.92 Å². The molecule has 0 aliphatic heterocycles. The quantitative estimate of drug-likeness (QED) is 0.327. The van der Waals surface area contributed by atoms with Gasteiger partial charge in [-0.15, -0.1) is 0 Å². The molecule has 0 aromatic rings. The molecule has 1 radical (unpaired) electrons. The zero-order valence-electron chi connectivity index (χ0n) is 4.52. The standard InChI is InChI=1S/C3H8N3.Y/c1-3(5-2)6-4;/h4H,1-2H3,(H,5,6);/q-1;. The summed E-state index contributed by atoms with van der Waals surface area (Å²) in [6.45, 7) is 1.73. The number of rotatable bonds is 0. The maximum Gasteiger partial charge on any atom is 0.0776 e. The Bertz CT molecular complexity index is 61.2. The molecule has 0 atom stereocenters. The first kappa shape index (κ1) is 10.4. The van der Waals surface area contributed by atoms with E-state index in [0.29, 0.717) is 5.84 Å². The second-order valence-corrected chi connectivity index (χ2v) is 0.947. The molecular formula is C3H8N3Y-. The van der Waals surface area contributed by atoms with Crippen LogP contribution in [0.4, 0.5) is 0 Å². The normalized spacial score (nSPS) is 9.71. The summed E-state index contributed by atoms with van der Waals surface area (Å²) >= 11 is 0. The van der Waals surface area contributed by atoms with Crippen LogP contribution < -0.4 is 5.32 Å². The molecule has 0 aliphatic carbocycles. The Balaban J connectivity index is 0. The molecule has 0 fully saturated rings. The van der Waals surface area contributed by atoms with Crippen LogP contribution in [-0.4, -0.2) is 12.9 Å². The first-order chi connectivity index (χ1) is 2.81. The van der Waals surface area contributed by atoms with E-state index in [1.54, 1.807) is 14.0 Å².